The SMILES string of the molecule is CCCC(CC(=O)O)n1nnnc1C(C)C(C)C. The molecule has 0 aromatic carbocycles. The van der Waals surface area contributed by atoms with Gasteiger partial charge >= 0.3 is 5.97 Å². The van der Waals surface area contributed by atoms with Crippen LogP contribution >= 0.6 is 0 Å². The highest BCUT2D eigenvalue weighted by Crippen LogP contribution is 2.26. The molecule has 1 N–H and O–H groups in total. The standard InChI is InChI=1S/C12H22N4O2/c1-5-6-10(7-11(17)18)16-12(13-14-15-16)9(4)8(2)3/h8-10H,5-7H2,1-4H3,(H,17,18). The van der Waals surface area contributed by atoms with Crippen molar-refractivity contribution in [3.05, 3.63) is 5.82 Å². The molecule has 0 spiro atoms. The number of carbonyl (C=O) groups is 1. The number of hydrogen-bond acceptors (Lipinski definition) is 4. The number of carboxylic acid groups (broad SMARTS) is 1. The van der Waals surface area contributed by atoms with Gasteiger partial charge in [-0.1, -0.05) is 34.1 Å². The lowest BCUT2D eigenvalue weighted by Gasteiger charge is -2.20. The number of hydrogen-bond donors (Lipinski definition) is 1. The van der Waals surface area contributed by atoms with Gasteiger partial charge in [-0.15, -0.1) is 5.10 Å². The van der Waals surface area contributed by atoms with Gasteiger partial charge in [-0.2, -0.15) is 0 Å². The quantitative estimate of drug-likeness (QED) is 0.807. The van der Waals surface area contributed by atoms with Crippen molar-refractivity contribution < 1.29 is 9.90 Å². The highest BCUT2D eigenvalue weighted by molar-refractivity contribution is 5.67. The first-order valence-corrected chi connectivity index (χ1v) is 6.46. The summed E-state index contributed by atoms with van der Waals surface area (Å²) >= 11 is 0. The second kappa shape index (κ2) is 6.47. The molecule has 2 unspecified atom stereocenters. The molecule has 0 bridgehead atoms. The summed E-state index contributed by atoms with van der Waals surface area (Å²) < 4.78 is 1.70. The van der Waals surface area contributed by atoms with Crippen LogP contribution in [0.1, 0.15) is 64.7 Å². The molecule has 0 radical (unpaired) electrons. The number of aromatic nitrogens is 4. The normalized spacial score (nSPS) is 14.7. The first-order chi connectivity index (χ1) is 8.47. The number of rotatable bonds is 7. The Hall–Kier alpha value is -1.46. The van der Waals surface area contributed by atoms with Crippen LogP contribution in [0.2, 0.25) is 0 Å². The maximum Gasteiger partial charge on any atom is 0.305 e. The molecule has 1 aromatic rings. The Bertz CT molecular complexity index is 389. The van der Waals surface area contributed by atoms with Gasteiger partial charge in [0.05, 0.1) is 12.5 Å². The minimum atomic E-state index is -0.813. The van der Waals surface area contributed by atoms with E-state index in [0.29, 0.717) is 5.92 Å². The third-order valence-corrected chi connectivity index (χ3v) is 3.30. The van der Waals surface area contributed by atoms with Crippen molar-refractivity contribution in [1.29, 1.82) is 0 Å². The van der Waals surface area contributed by atoms with Gasteiger partial charge in [0, 0.05) is 5.92 Å². The second-order valence-electron chi connectivity index (χ2n) is 5.05. The van der Waals surface area contributed by atoms with Gasteiger partial charge in [-0.05, 0) is 22.8 Å². The molecule has 0 aliphatic carbocycles. The molecule has 0 aliphatic rings. The summed E-state index contributed by atoms with van der Waals surface area (Å²) in [6.45, 7) is 8.31. The number of tetrazole rings is 1. The summed E-state index contributed by atoms with van der Waals surface area (Å²) in [5.74, 6) is 0.604. The smallest absolute Gasteiger partial charge is 0.305 e. The Balaban J connectivity index is 2.97. The van der Waals surface area contributed by atoms with Crippen LogP contribution in [0, 0.1) is 5.92 Å². The largest absolute Gasteiger partial charge is 0.481 e. The number of aliphatic carboxylic acids is 1. The third kappa shape index (κ3) is 3.51. The fraction of sp³-hybridized carbons (Fsp3) is 0.833. The van der Waals surface area contributed by atoms with Crippen LogP contribution in [-0.4, -0.2) is 31.3 Å². The molecule has 1 heterocycles. The fourth-order valence-electron chi connectivity index (χ4n) is 1.90. The van der Waals surface area contributed by atoms with E-state index in [1.165, 1.54) is 0 Å². The zero-order valence-corrected chi connectivity index (χ0v) is 11.5. The summed E-state index contributed by atoms with van der Waals surface area (Å²) in [7, 11) is 0. The summed E-state index contributed by atoms with van der Waals surface area (Å²) in [5.41, 5.74) is 0. The predicted molar refractivity (Wildman–Crippen MR) is 67.3 cm³/mol. The van der Waals surface area contributed by atoms with E-state index in [1.54, 1.807) is 4.68 Å². The summed E-state index contributed by atoms with van der Waals surface area (Å²) in [4.78, 5) is 10.9. The maximum absolute atomic E-state index is 10.9. The van der Waals surface area contributed by atoms with Crippen LogP contribution in [0.15, 0.2) is 0 Å². The van der Waals surface area contributed by atoms with Gasteiger partial charge in [0.1, 0.15) is 0 Å². The van der Waals surface area contributed by atoms with Crippen molar-refractivity contribution in [2.24, 2.45) is 5.92 Å². The van der Waals surface area contributed by atoms with Gasteiger partial charge in [-0.25, -0.2) is 4.68 Å². The van der Waals surface area contributed by atoms with Gasteiger partial charge in [0.15, 0.2) is 5.82 Å². The van der Waals surface area contributed by atoms with E-state index in [4.69, 9.17) is 5.11 Å². The molecule has 2 atom stereocenters. The highest BCUT2D eigenvalue weighted by Gasteiger charge is 2.24. The minimum absolute atomic E-state index is 0.0662. The molecule has 0 amide bonds. The zero-order chi connectivity index (χ0) is 13.7. The molecule has 1 aromatic heterocycles. The topological polar surface area (TPSA) is 80.9 Å². The first-order valence-electron chi connectivity index (χ1n) is 6.46. The summed E-state index contributed by atoms with van der Waals surface area (Å²) in [6.07, 6.45) is 1.75. The lowest BCUT2D eigenvalue weighted by Crippen LogP contribution is -2.20. The Labute approximate surface area is 107 Å². The number of carboxylic acids is 1. The van der Waals surface area contributed by atoms with Crippen molar-refractivity contribution in [3.63, 3.8) is 0 Å². The summed E-state index contributed by atoms with van der Waals surface area (Å²) in [5, 5.41) is 20.7. The molecule has 6 heteroatoms. The van der Waals surface area contributed by atoms with Crippen molar-refractivity contribution in [2.45, 2.75) is 58.9 Å². The van der Waals surface area contributed by atoms with E-state index in [0.717, 1.165) is 18.7 Å². The zero-order valence-electron chi connectivity index (χ0n) is 11.5. The van der Waals surface area contributed by atoms with Crippen LogP contribution in [0.4, 0.5) is 0 Å². The average molecular weight is 254 g/mol. The monoisotopic (exact) mass is 254 g/mol. The van der Waals surface area contributed by atoms with Crippen molar-refractivity contribution in [3.8, 4) is 0 Å². The molecule has 18 heavy (non-hydrogen) atoms. The van der Waals surface area contributed by atoms with Crippen molar-refractivity contribution in [2.75, 3.05) is 0 Å². The van der Waals surface area contributed by atoms with Crippen LogP contribution in [0.25, 0.3) is 0 Å². The van der Waals surface area contributed by atoms with Crippen LogP contribution in [0.5, 0.6) is 0 Å². The van der Waals surface area contributed by atoms with E-state index in [1.807, 2.05) is 6.92 Å². The highest BCUT2D eigenvalue weighted by atomic mass is 16.4. The van der Waals surface area contributed by atoms with Crippen LogP contribution < -0.4 is 0 Å². The maximum atomic E-state index is 10.9. The molecule has 0 saturated carbocycles. The van der Waals surface area contributed by atoms with Gasteiger partial charge in [-0.3, -0.25) is 4.79 Å². The minimum Gasteiger partial charge on any atom is -0.481 e. The van der Waals surface area contributed by atoms with Gasteiger partial charge < -0.3 is 5.11 Å². The van der Waals surface area contributed by atoms with Crippen LogP contribution in [-0.2, 0) is 4.79 Å². The van der Waals surface area contributed by atoms with E-state index in [9.17, 15) is 4.79 Å². The Kier molecular flexibility index (Phi) is 5.25. The van der Waals surface area contributed by atoms with Crippen molar-refractivity contribution >= 4 is 5.97 Å². The lowest BCUT2D eigenvalue weighted by atomic mass is 9.96. The molecular weight excluding hydrogens is 232 g/mol. The molecule has 102 valence electrons. The lowest BCUT2D eigenvalue weighted by molar-refractivity contribution is -0.138. The average Bonchev–Trinajstić information content (AvgIpc) is 2.75. The Morgan fingerprint density at radius 2 is 2.06 bits per heavy atom. The van der Waals surface area contributed by atoms with E-state index in [2.05, 4.69) is 36.3 Å². The number of nitrogens with zero attached hydrogens (tertiary/aromatic N) is 4. The first kappa shape index (κ1) is 14.6. The molecule has 1 rings (SSSR count). The van der Waals surface area contributed by atoms with Crippen LogP contribution in [0.3, 0.4) is 0 Å². The third-order valence-electron chi connectivity index (χ3n) is 3.30. The summed E-state index contributed by atoms with van der Waals surface area (Å²) in [6, 6.07) is -0.154. The molecule has 0 saturated heterocycles. The second-order valence-corrected chi connectivity index (χ2v) is 5.05. The Morgan fingerprint density at radius 3 is 2.56 bits per heavy atom. The molecule has 0 aliphatic heterocycles. The van der Waals surface area contributed by atoms with E-state index in [-0.39, 0.29) is 18.4 Å². The van der Waals surface area contributed by atoms with Gasteiger partial charge in [0.25, 0.3) is 0 Å². The predicted octanol–water partition coefficient (Wildman–Crippen LogP) is 2.25. The van der Waals surface area contributed by atoms with Gasteiger partial charge in [0.2, 0.25) is 0 Å². The van der Waals surface area contributed by atoms with E-state index >= 15 is 0 Å². The molecule has 6 nitrogen and oxygen atoms in total. The molecule has 0 fully saturated rings. The Morgan fingerprint density at radius 1 is 1.39 bits per heavy atom. The van der Waals surface area contributed by atoms with E-state index < -0.39 is 5.97 Å². The fourth-order valence-corrected chi connectivity index (χ4v) is 1.90. The molecular formula is C12H22N4O2. The van der Waals surface area contributed by atoms with Crippen molar-refractivity contribution in [1.82, 2.24) is 20.2 Å².